The summed E-state index contributed by atoms with van der Waals surface area (Å²) in [4.78, 5) is 0. The van der Waals surface area contributed by atoms with Crippen LogP contribution in [0.15, 0.2) is 40.8 Å². The van der Waals surface area contributed by atoms with Crippen LogP contribution < -0.4 is 5.38 Å². The number of furan rings is 1. The SMILES string of the molecule is CC1(C)[C@@H]2[C@@H](OCc3ccccc3)C[C@@H](O)[C@H](c3cc(CO[Si](C)(C)C(C)(C)C)c([Si](C)(C)C)o3)[C@@]2(C)CCC12OCCO2. The molecule has 5 rings (SSSR count). The lowest BCUT2D eigenvalue weighted by atomic mass is 9.45. The molecule has 8 heteroatoms. The van der Waals surface area contributed by atoms with Gasteiger partial charge in [-0.15, -0.1) is 0 Å². The molecule has 2 heterocycles. The van der Waals surface area contributed by atoms with Crippen molar-refractivity contribution in [1.29, 1.82) is 0 Å². The first-order valence-electron chi connectivity index (χ1n) is 16.7. The van der Waals surface area contributed by atoms with Crippen molar-refractivity contribution < 1.29 is 28.2 Å². The third kappa shape index (κ3) is 5.98. The Morgan fingerprint density at radius 1 is 0.932 bits per heavy atom. The minimum absolute atomic E-state index is 0.0753. The standard InChI is InChI=1S/C36H58O6Si2/c1-33(2,3)44(10,11)41-24-26-21-28(42-32(26)43(7,8)9)30-27(37)22-29(38-23-25-15-13-12-14-16-25)31-34(4,5)36(39-19-20-40-36)18-17-35(30,31)6/h12-16,21,27,29-31,37H,17-20,22-24H2,1-11H3/t27-,29+,30-,31+,35-/m1/s1. The van der Waals surface area contributed by atoms with Gasteiger partial charge in [-0.05, 0) is 41.6 Å². The molecular formula is C36H58O6Si2. The lowest BCUT2D eigenvalue weighted by Gasteiger charge is -2.64. The highest BCUT2D eigenvalue weighted by molar-refractivity contribution is 6.88. The van der Waals surface area contributed by atoms with E-state index < -0.39 is 28.3 Å². The largest absolute Gasteiger partial charge is 0.470 e. The van der Waals surface area contributed by atoms with Gasteiger partial charge in [0.25, 0.3) is 0 Å². The smallest absolute Gasteiger partial charge is 0.192 e. The zero-order valence-electron chi connectivity index (χ0n) is 29.2. The summed E-state index contributed by atoms with van der Waals surface area (Å²) in [6, 6.07) is 12.6. The van der Waals surface area contributed by atoms with Gasteiger partial charge in [0.15, 0.2) is 14.1 Å². The van der Waals surface area contributed by atoms with Crippen LogP contribution in [0.2, 0.25) is 37.8 Å². The van der Waals surface area contributed by atoms with Crippen LogP contribution in [-0.4, -0.2) is 52.7 Å². The minimum atomic E-state index is -1.96. The molecule has 1 aromatic heterocycles. The molecule has 0 radical (unpaired) electrons. The Kier molecular flexibility index (Phi) is 9.11. The molecule has 1 N–H and O–H groups in total. The Bertz CT molecular complexity index is 1280. The maximum atomic E-state index is 12.1. The summed E-state index contributed by atoms with van der Waals surface area (Å²) in [5, 5.41) is 13.3. The van der Waals surface area contributed by atoms with Gasteiger partial charge < -0.3 is 28.2 Å². The van der Waals surface area contributed by atoms with E-state index in [0.717, 1.165) is 35.1 Å². The Hall–Kier alpha value is -1.27. The van der Waals surface area contributed by atoms with Gasteiger partial charge in [0.2, 0.25) is 0 Å². The van der Waals surface area contributed by atoms with Crippen LogP contribution in [0.4, 0.5) is 0 Å². The van der Waals surface area contributed by atoms with E-state index in [-0.39, 0.29) is 33.8 Å². The number of hydrogen-bond donors (Lipinski definition) is 1. The molecule has 0 amide bonds. The van der Waals surface area contributed by atoms with Crippen LogP contribution in [0.3, 0.4) is 0 Å². The Morgan fingerprint density at radius 3 is 2.16 bits per heavy atom. The maximum Gasteiger partial charge on any atom is 0.192 e. The predicted molar refractivity (Wildman–Crippen MR) is 181 cm³/mol. The van der Waals surface area contributed by atoms with Crippen molar-refractivity contribution in [3.05, 3.63) is 53.3 Å². The van der Waals surface area contributed by atoms with Crippen LogP contribution in [0.1, 0.15) is 83.6 Å². The first-order valence-corrected chi connectivity index (χ1v) is 23.1. The second-order valence-corrected chi connectivity index (χ2v) is 26.8. The number of hydrogen-bond acceptors (Lipinski definition) is 6. The second-order valence-electron chi connectivity index (χ2n) is 17.1. The molecule has 1 saturated heterocycles. The minimum Gasteiger partial charge on any atom is -0.470 e. The first-order chi connectivity index (χ1) is 20.3. The van der Waals surface area contributed by atoms with Crippen molar-refractivity contribution in [2.24, 2.45) is 16.7 Å². The molecule has 246 valence electrons. The van der Waals surface area contributed by atoms with Crippen LogP contribution in [0.25, 0.3) is 0 Å². The highest BCUT2D eigenvalue weighted by Gasteiger charge is 2.68. The van der Waals surface area contributed by atoms with Gasteiger partial charge >= 0.3 is 0 Å². The molecule has 2 aromatic rings. The van der Waals surface area contributed by atoms with E-state index in [1.165, 1.54) is 0 Å². The molecule has 1 aliphatic heterocycles. The van der Waals surface area contributed by atoms with E-state index in [1.807, 2.05) is 18.2 Å². The number of benzene rings is 1. The number of fused-ring (bicyclic) bond motifs is 1. The topological polar surface area (TPSA) is 70.3 Å². The molecule has 44 heavy (non-hydrogen) atoms. The van der Waals surface area contributed by atoms with Gasteiger partial charge in [-0.25, -0.2) is 0 Å². The highest BCUT2D eigenvalue weighted by Crippen LogP contribution is 2.67. The van der Waals surface area contributed by atoms with E-state index in [9.17, 15) is 5.11 Å². The Balaban J connectivity index is 1.54. The van der Waals surface area contributed by atoms with Crippen LogP contribution in [0.5, 0.6) is 0 Å². The quantitative estimate of drug-likeness (QED) is 0.295. The summed E-state index contributed by atoms with van der Waals surface area (Å²) >= 11 is 0. The highest BCUT2D eigenvalue weighted by atomic mass is 28.4. The second kappa shape index (κ2) is 11.8. The zero-order valence-corrected chi connectivity index (χ0v) is 31.2. The zero-order chi connectivity index (χ0) is 32.3. The van der Waals surface area contributed by atoms with Crippen molar-refractivity contribution in [2.45, 2.75) is 136 Å². The van der Waals surface area contributed by atoms with Gasteiger partial charge in [0, 0.05) is 35.7 Å². The molecule has 3 fully saturated rings. The molecule has 2 aliphatic carbocycles. The number of aliphatic hydroxyl groups excluding tert-OH is 1. The van der Waals surface area contributed by atoms with Gasteiger partial charge in [-0.3, -0.25) is 0 Å². The van der Waals surface area contributed by atoms with Crippen molar-refractivity contribution in [2.75, 3.05) is 13.2 Å². The van der Waals surface area contributed by atoms with Crippen molar-refractivity contribution in [3.8, 4) is 0 Å². The summed E-state index contributed by atoms with van der Waals surface area (Å²) in [6.45, 7) is 27.7. The third-order valence-corrected chi connectivity index (χ3v) is 17.9. The molecule has 3 aliphatic rings. The lowest BCUT2D eigenvalue weighted by Crippen LogP contribution is -2.66. The summed E-state index contributed by atoms with van der Waals surface area (Å²) in [5.74, 6) is 0.163. The maximum absolute atomic E-state index is 12.1. The van der Waals surface area contributed by atoms with Gasteiger partial charge in [-0.1, -0.05) is 91.5 Å². The normalized spacial score (nSPS) is 30.5. The van der Waals surface area contributed by atoms with Crippen LogP contribution >= 0.6 is 0 Å². The van der Waals surface area contributed by atoms with Gasteiger partial charge in [0.1, 0.15) is 13.8 Å². The van der Waals surface area contributed by atoms with Gasteiger partial charge in [-0.2, -0.15) is 0 Å². The van der Waals surface area contributed by atoms with E-state index in [1.54, 1.807) is 0 Å². The Morgan fingerprint density at radius 2 is 1.57 bits per heavy atom. The van der Waals surface area contributed by atoms with E-state index in [0.29, 0.717) is 32.8 Å². The molecule has 1 aromatic carbocycles. The van der Waals surface area contributed by atoms with E-state index >= 15 is 0 Å². The molecule has 1 spiro atoms. The molecule has 0 bridgehead atoms. The molecular weight excluding hydrogens is 585 g/mol. The van der Waals surface area contributed by atoms with Crippen LogP contribution in [-0.2, 0) is 31.9 Å². The molecule has 0 unspecified atom stereocenters. The summed E-state index contributed by atoms with van der Waals surface area (Å²) in [6.07, 6.45) is 1.43. The van der Waals surface area contributed by atoms with Crippen molar-refractivity contribution >= 4 is 21.8 Å². The summed E-state index contributed by atoms with van der Waals surface area (Å²) in [5.41, 5.74) is 1.65. The fraction of sp³-hybridized carbons (Fsp3) is 0.722. The lowest BCUT2D eigenvalue weighted by molar-refractivity contribution is -0.313. The van der Waals surface area contributed by atoms with Crippen LogP contribution in [0, 0.1) is 16.7 Å². The molecule has 6 nitrogen and oxygen atoms in total. The monoisotopic (exact) mass is 642 g/mol. The molecule has 5 atom stereocenters. The average molecular weight is 643 g/mol. The number of ether oxygens (including phenoxy) is 3. The first kappa shape index (κ1) is 34.1. The number of aliphatic hydroxyl groups is 1. The van der Waals surface area contributed by atoms with Crippen molar-refractivity contribution in [3.63, 3.8) is 0 Å². The molecule has 2 saturated carbocycles. The van der Waals surface area contributed by atoms with Crippen molar-refractivity contribution in [1.82, 2.24) is 0 Å². The fourth-order valence-electron chi connectivity index (χ4n) is 8.41. The third-order valence-electron chi connectivity index (χ3n) is 11.7. The predicted octanol–water partition coefficient (Wildman–Crippen LogP) is 7.97. The summed E-state index contributed by atoms with van der Waals surface area (Å²) in [7, 11) is -3.81. The van der Waals surface area contributed by atoms with E-state index in [2.05, 4.69) is 92.5 Å². The van der Waals surface area contributed by atoms with E-state index in [4.69, 9.17) is 23.1 Å². The van der Waals surface area contributed by atoms with Gasteiger partial charge in [0.05, 0.1) is 44.0 Å². The number of rotatable bonds is 8. The fourth-order valence-corrected chi connectivity index (χ4v) is 10.9. The summed E-state index contributed by atoms with van der Waals surface area (Å²) < 4.78 is 33.4. The average Bonchev–Trinajstić information content (AvgIpc) is 3.57. The Labute approximate surface area is 268 Å².